The van der Waals surface area contributed by atoms with Crippen LogP contribution in [-0.4, -0.2) is 23.5 Å². The predicted octanol–water partition coefficient (Wildman–Crippen LogP) is 6.74. The Morgan fingerprint density at radius 2 is 1.86 bits per heavy atom. The van der Waals surface area contributed by atoms with Crippen molar-refractivity contribution in [2.45, 2.75) is 52.4 Å². The standard InChI is InChI=1S/C30H34ClN4/c1-29(2)22-12-8-18-34(5)27(22)32-24(29)16-14-20-10-7-11-21(26(20)31)15-17-25-30(3,4)23-13-9-19-35(6)28(23)33-25/h8-9,12-19H,7,10-11H2,1-6H3/q+1. The van der Waals surface area contributed by atoms with Gasteiger partial charge >= 0.3 is 5.82 Å². The number of allylic oxidation sites excluding steroid dienone is 10. The minimum atomic E-state index is -0.129. The first-order chi connectivity index (χ1) is 16.6. The number of rotatable bonds is 3. The number of halogens is 1. The van der Waals surface area contributed by atoms with Gasteiger partial charge in [-0.3, -0.25) is 0 Å². The first kappa shape index (κ1) is 23.7. The van der Waals surface area contributed by atoms with E-state index in [1.165, 1.54) is 22.3 Å². The quantitative estimate of drug-likeness (QED) is 0.436. The third-order valence-corrected chi connectivity index (χ3v) is 8.20. The normalized spacial score (nSPS) is 24.8. The van der Waals surface area contributed by atoms with Crippen molar-refractivity contribution in [1.29, 1.82) is 0 Å². The van der Waals surface area contributed by atoms with Gasteiger partial charge in [-0.1, -0.05) is 43.7 Å². The van der Waals surface area contributed by atoms with E-state index in [4.69, 9.17) is 21.6 Å². The topological polar surface area (TPSA) is 31.8 Å². The molecular weight excluding hydrogens is 452 g/mol. The summed E-state index contributed by atoms with van der Waals surface area (Å²) in [7, 11) is 4.10. The largest absolute Gasteiger partial charge is 0.336 e. The molecule has 35 heavy (non-hydrogen) atoms. The molecule has 3 aliphatic heterocycles. The predicted molar refractivity (Wildman–Crippen MR) is 146 cm³/mol. The zero-order valence-corrected chi connectivity index (χ0v) is 22.3. The second kappa shape index (κ2) is 8.60. The number of pyridine rings is 1. The summed E-state index contributed by atoms with van der Waals surface area (Å²) in [6, 6.07) is 4.26. The molecule has 0 unspecified atom stereocenters. The fraction of sp³-hybridized carbons (Fsp3) is 0.367. The Labute approximate surface area is 214 Å². The lowest BCUT2D eigenvalue weighted by atomic mass is 9.81. The maximum atomic E-state index is 6.94. The van der Waals surface area contributed by atoms with E-state index in [0.717, 1.165) is 47.4 Å². The van der Waals surface area contributed by atoms with Crippen LogP contribution in [0.4, 0.5) is 5.82 Å². The molecule has 4 heterocycles. The number of amidine groups is 1. The number of aliphatic imine (C=N–C) groups is 2. The molecule has 1 aromatic heterocycles. The number of fused-ring (bicyclic) bond motifs is 2. The van der Waals surface area contributed by atoms with Gasteiger partial charge in [0.15, 0.2) is 5.71 Å². The van der Waals surface area contributed by atoms with Gasteiger partial charge in [0.1, 0.15) is 5.84 Å². The van der Waals surface area contributed by atoms with Crippen LogP contribution in [-0.2, 0) is 12.5 Å². The van der Waals surface area contributed by atoms with E-state index >= 15 is 0 Å². The molecule has 4 nitrogen and oxygen atoms in total. The number of aryl methyl sites for hydroxylation is 1. The molecule has 0 amide bonds. The zero-order valence-electron chi connectivity index (χ0n) is 21.6. The zero-order chi connectivity index (χ0) is 25.0. The number of hydrogen-bond acceptors (Lipinski definition) is 3. The SMILES string of the molecule is CN1C=CC=C2C1=N/C(=C/C=C1\CCCC(/C=C/C3=Nc4c(ccc[n+]4C)C3(C)C)=C1Cl)C2(C)C. The molecule has 0 saturated carbocycles. The molecule has 4 aliphatic rings. The summed E-state index contributed by atoms with van der Waals surface area (Å²) in [4.78, 5) is 12.0. The fourth-order valence-electron chi connectivity index (χ4n) is 5.30. The van der Waals surface area contributed by atoms with Gasteiger partial charge in [-0.25, -0.2) is 9.56 Å². The molecule has 0 saturated heterocycles. The smallest absolute Gasteiger partial charge is 0.327 e. The van der Waals surface area contributed by atoms with Crippen molar-refractivity contribution < 1.29 is 4.57 Å². The van der Waals surface area contributed by atoms with Crippen LogP contribution >= 0.6 is 11.6 Å². The lowest BCUT2D eigenvalue weighted by molar-refractivity contribution is -0.658. The second-order valence-electron chi connectivity index (χ2n) is 10.8. The monoisotopic (exact) mass is 485 g/mol. The van der Waals surface area contributed by atoms with E-state index in [0.29, 0.717) is 0 Å². The highest BCUT2D eigenvalue weighted by molar-refractivity contribution is 6.32. The Morgan fingerprint density at radius 3 is 2.60 bits per heavy atom. The lowest BCUT2D eigenvalue weighted by Gasteiger charge is -2.26. The van der Waals surface area contributed by atoms with Gasteiger partial charge in [-0.2, -0.15) is 0 Å². The Balaban J connectivity index is 1.43. The molecule has 0 radical (unpaired) electrons. The van der Waals surface area contributed by atoms with Gasteiger partial charge in [0.25, 0.3) is 0 Å². The van der Waals surface area contributed by atoms with Crippen molar-refractivity contribution in [3.63, 3.8) is 0 Å². The van der Waals surface area contributed by atoms with E-state index < -0.39 is 0 Å². The van der Waals surface area contributed by atoms with Crippen LogP contribution in [0.3, 0.4) is 0 Å². The highest BCUT2D eigenvalue weighted by atomic mass is 35.5. The van der Waals surface area contributed by atoms with Crippen LogP contribution < -0.4 is 4.57 Å². The average Bonchev–Trinajstić information content (AvgIpc) is 3.23. The maximum Gasteiger partial charge on any atom is 0.327 e. The molecule has 1 aromatic rings. The van der Waals surface area contributed by atoms with E-state index in [-0.39, 0.29) is 10.8 Å². The molecule has 0 fully saturated rings. The Bertz CT molecular complexity index is 1340. The van der Waals surface area contributed by atoms with Gasteiger partial charge in [0, 0.05) is 29.3 Å². The highest BCUT2D eigenvalue weighted by Crippen LogP contribution is 2.44. The van der Waals surface area contributed by atoms with Crippen LogP contribution in [0, 0.1) is 5.41 Å². The fourth-order valence-corrected chi connectivity index (χ4v) is 5.62. The van der Waals surface area contributed by atoms with Crippen molar-refractivity contribution in [3.05, 3.63) is 94.0 Å². The first-order valence-electron chi connectivity index (χ1n) is 12.4. The minimum Gasteiger partial charge on any atom is -0.336 e. The summed E-state index contributed by atoms with van der Waals surface area (Å²) in [6.45, 7) is 8.95. The summed E-state index contributed by atoms with van der Waals surface area (Å²) in [6.07, 6.45) is 20.1. The van der Waals surface area contributed by atoms with Crippen LogP contribution in [0.15, 0.2) is 98.4 Å². The third kappa shape index (κ3) is 3.98. The number of hydrogen-bond donors (Lipinski definition) is 0. The molecule has 180 valence electrons. The van der Waals surface area contributed by atoms with Crippen LogP contribution in [0.1, 0.15) is 52.5 Å². The van der Waals surface area contributed by atoms with Crippen molar-refractivity contribution >= 4 is 29.0 Å². The number of nitrogens with zero attached hydrogens (tertiary/aromatic N) is 4. The highest BCUT2D eigenvalue weighted by Gasteiger charge is 2.41. The Morgan fingerprint density at radius 1 is 1.06 bits per heavy atom. The second-order valence-corrected chi connectivity index (χ2v) is 11.2. The average molecular weight is 486 g/mol. The van der Waals surface area contributed by atoms with Gasteiger partial charge < -0.3 is 4.90 Å². The molecule has 0 atom stereocenters. The van der Waals surface area contributed by atoms with E-state index in [1.807, 2.05) is 26.5 Å². The molecule has 0 aromatic carbocycles. The van der Waals surface area contributed by atoms with Crippen LogP contribution in [0.5, 0.6) is 0 Å². The molecule has 0 spiro atoms. The van der Waals surface area contributed by atoms with Crippen molar-refractivity contribution in [2.75, 3.05) is 7.05 Å². The number of likely N-dealkylation sites (N-methyl/N-ethyl adjacent to an activating group) is 1. The van der Waals surface area contributed by atoms with Gasteiger partial charge in [-0.15, -0.1) is 0 Å². The van der Waals surface area contributed by atoms with Gasteiger partial charge in [0.05, 0.1) is 29.9 Å². The molecular formula is C30H34ClN4+. The Kier molecular flexibility index (Phi) is 5.83. The summed E-state index contributed by atoms with van der Waals surface area (Å²) < 4.78 is 2.09. The minimum absolute atomic E-state index is 0.129. The summed E-state index contributed by atoms with van der Waals surface area (Å²) >= 11 is 6.94. The van der Waals surface area contributed by atoms with E-state index in [2.05, 4.69) is 85.8 Å². The van der Waals surface area contributed by atoms with Crippen molar-refractivity contribution in [3.8, 4) is 0 Å². The van der Waals surface area contributed by atoms with Crippen molar-refractivity contribution in [2.24, 2.45) is 22.4 Å². The molecule has 0 bridgehead atoms. The molecule has 0 N–H and O–H groups in total. The van der Waals surface area contributed by atoms with Crippen LogP contribution in [0.2, 0.25) is 0 Å². The third-order valence-electron chi connectivity index (χ3n) is 7.72. The molecule has 1 aliphatic carbocycles. The molecule has 5 heteroatoms. The lowest BCUT2D eigenvalue weighted by Crippen LogP contribution is -2.30. The maximum absolute atomic E-state index is 6.94. The Hall–Kier alpha value is -2.98. The molecule has 5 rings (SSSR count). The van der Waals surface area contributed by atoms with Crippen LogP contribution in [0.25, 0.3) is 0 Å². The summed E-state index contributed by atoms with van der Waals surface area (Å²) in [5, 5.41) is 0.864. The summed E-state index contributed by atoms with van der Waals surface area (Å²) in [5.74, 6) is 2.07. The van der Waals surface area contributed by atoms with Gasteiger partial charge in [0.2, 0.25) is 0 Å². The number of aromatic nitrogens is 1. The van der Waals surface area contributed by atoms with Gasteiger partial charge in [-0.05, 0) is 79.6 Å². The van der Waals surface area contributed by atoms with Crippen molar-refractivity contribution in [1.82, 2.24) is 4.90 Å². The first-order valence-corrected chi connectivity index (χ1v) is 12.8. The van der Waals surface area contributed by atoms with E-state index in [9.17, 15) is 0 Å². The van der Waals surface area contributed by atoms with E-state index in [1.54, 1.807) is 0 Å². The summed E-state index contributed by atoms with van der Waals surface area (Å²) in [5.41, 5.74) is 6.76.